The molecule has 0 aliphatic heterocycles. The average Bonchev–Trinajstić information content (AvgIpc) is 2.41. The molecule has 2 rings (SSSR count). The summed E-state index contributed by atoms with van der Waals surface area (Å²) in [4.78, 5) is 12.1. The molecule has 2 aromatic rings. The molecule has 0 atom stereocenters. The normalized spacial score (nSPS) is 10.1. The lowest BCUT2D eigenvalue weighted by molar-refractivity contribution is 0.260. The fraction of sp³-hybridized carbons (Fsp3) is 0.133. The van der Waals surface area contributed by atoms with Gasteiger partial charge in [0.25, 0.3) is 0 Å². The highest BCUT2D eigenvalue weighted by Crippen LogP contribution is 2.22. The Balaban J connectivity index is 2.12. The molecule has 2 aromatic carbocycles. The molecule has 0 spiro atoms. The summed E-state index contributed by atoms with van der Waals surface area (Å²) < 4.78 is 1.31. The number of nitrogens with zero attached hydrogens (tertiary/aromatic N) is 1. The lowest BCUT2D eigenvalue weighted by Crippen LogP contribution is -2.27. The topological polar surface area (TPSA) is 32.3 Å². The first-order valence-corrected chi connectivity index (χ1v) is 6.40. The highest BCUT2D eigenvalue weighted by atomic mass is 32.1. The van der Waals surface area contributed by atoms with Gasteiger partial charge >= 0.3 is 6.03 Å². The summed E-state index contributed by atoms with van der Waals surface area (Å²) in [5.41, 5.74) is 3.68. The van der Waals surface area contributed by atoms with Crippen LogP contribution >= 0.6 is 12.8 Å². The number of amides is 2. The van der Waals surface area contributed by atoms with E-state index in [0.29, 0.717) is 0 Å². The van der Waals surface area contributed by atoms with Crippen molar-refractivity contribution < 1.29 is 4.79 Å². The molecule has 0 aliphatic carbocycles. The molecule has 0 heterocycles. The molecule has 0 unspecified atom stereocenters. The Kier molecular flexibility index (Phi) is 4.12. The van der Waals surface area contributed by atoms with Gasteiger partial charge in [-0.1, -0.05) is 48.7 Å². The van der Waals surface area contributed by atoms with Crippen molar-refractivity contribution in [3.8, 4) is 0 Å². The minimum Gasteiger partial charge on any atom is -0.307 e. The maximum atomic E-state index is 12.1. The number of benzene rings is 2. The maximum absolute atomic E-state index is 12.1. The van der Waals surface area contributed by atoms with Crippen LogP contribution in [0.3, 0.4) is 0 Å². The summed E-state index contributed by atoms with van der Waals surface area (Å²) in [7, 11) is 0. The molecule has 0 saturated carbocycles. The maximum Gasteiger partial charge on any atom is 0.336 e. The van der Waals surface area contributed by atoms with Gasteiger partial charge in [0, 0.05) is 5.69 Å². The standard InChI is InChI=1S/C15H16N2OS/c1-11-7-9-13(10-8-11)16-15(18)17(19)14-6-4-3-5-12(14)2/h3-10,19H,1-2H3,(H,16,18). The second-order valence-electron chi connectivity index (χ2n) is 4.39. The van der Waals surface area contributed by atoms with Gasteiger partial charge in [-0.15, -0.1) is 0 Å². The Hall–Kier alpha value is -1.94. The summed E-state index contributed by atoms with van der Waals surface area (Å²) in [5.74, 6) is 0. The van der Waals surface area contributed by atoms with Crippen LogP contribution in [0.2, 0.25) is 0 Å². The van der Waals surface area contributed by atoms with Crippen LogP contribution < -0.4 is 9.62 Å². The van der Waals surface area contributed by atoms with Crippen molar-refractivity contribution in [2.45, 2.75) is 13.8 Å². The average molecular weight is 272 g/mol. The molecule has 0 aliphatic rings. The predicted octanol–water partition coefficient (Wildman–Crippen LogP) is 4.19. The first kappa shape index (κ1) is 13.5. The van der Waals surface area contributed by atoms with Gasteiger partial charge in [0.1, 0.15) is 0 Å². The fourth-order valence-corrected chi connectivity index (χ4v) is 2.00. The molecule has 1 N–H and O–H groups in total. The molecule has 3 nitrogen and oxygen atoms in total. The van der Waals surface area contributed by atoms with Crippen LogP contribution in [0, 0.1) is 13.8 Å². The van der Waals surface area contributed by atoms with Crippen molar-refractivity contribution in [2.75, 3.05) is 9.62 Å². The van der Waals surface area contributed by atoms with Crippen molar-refractivity contribution >= 4 is 30.2 Å². The molecule has 0 saturated heterocycles. The van der Waals surface area contributed by atoms with E-state index in [1.165, 1.54) is 4.31 Å². The van der Waals surface area contributed by atoms with E-state index in [1.54, 1.807) is 0 Å². The fourth-order valence-electron chi connectivity index (χ4n) is 1.72. The van der Waals surface area contributed by atoms with Crippen molar-refractivity contribution in [3.05, 3.63) is 59.7 Å². The summed E-state index contributed by atoms with van der Waals surface area (Å²) >= 11 is 4.26. The van der Waals surface area contributed by atoms with Gasteiger partial charge in [0.05, 0.1) is 5.69 Å². The number of hydrogen-bond acceptors (Lipinski definition) is 2. The number of carbonyl (C=O) groups excluding carboxylic acids is 1. The monoisotopic (exact) mass is 272 g/mol. The van der Waals surface area contributed by atoms with Gasteiger partial charge in [0.15, 0.2) is 0 Å². The van der Waals surface area contributed by atoms with Gasteiger partial charge in [-0.2, -0.15) is 0 Å². The molecule has 2 amide bonds. The molecule has 0 radical (unpaired) electrons. The van der Waals surface area contributed by atoms with Crippen molar-refractivity contribution in [1.82, 2.24) is 0 Å². The highest BCUT2D eigenvalue weighted by molar-refractivity contribution is 7.82. The van der Waals surface area contributed by atoms with Crippen LogP contribution in [0.4, 0.5) is 16.2 Å². The SMILES string of the molecule is Cc1ccc(NC(=O)N(S)c2ccccc2C)cc1. The van der Waals surface area contributed by atoms with E-state index in [-0.39, 0.29) is 6.03 Å². The van der Waals surface area contributed by atoms with E-state index in [4.69, 9.17) is 0 Å². The van der Waals surface area contributed by atoms with Gasteiger partial charge in [0.2, 0.25) is 0 Å². The lowest BCUT2D eigenvalue weighted by Gasteiger charge is -2.18. The third-order valence-corrected chi connectivity index (χ3v) is 3.24. The summed E-state index contributed by atoms with van der Waals surface area (Å²) in [6, 6.07) is 15.0. The number of urea groups is 1. The smallest absolute Gasteiger partial charge is 0.307 e. The Labute approximate surface area is 118 Å². The molecule has 0 fully saturated rings. The number of thiol groups is 1. The number of aryl methyl sites for hydroxylation is 2. The van der Waals surface area contributed by atoms with E-state index in [9.17, 15) is 4.79 Å². The Morgan fingerprint density at radius 2 is 1.68 bits per heavy atom. The largest absolute Gasteiger partial charge is 0.336 e. The zero-order valence-electron chi connectivity index (χ0n) is 10.9. The van der Waals surface area contributed by atoms with Crippen LogP contribution in [0.25, 0.3) is 0 Å². The molecular weight excluding hydrogens is 256 g/mol. The number of hydrogen-bond donors (Lipinski definition) is 2. The quantitative estimate of drug-likeness (QED) is 0.789. The third kappa shape index (κ3) is 3.29. The number of anilines is 2. The van der Waals surface area contributed by atoms with Gasteiger partial charge in [-0.3, -0.25) is 0 Å². The van der Waals surface area contributed by atoms with Gasteiger partial charge in [-0.25, -0.2) is 9.10 Å². The molecule has 0 aromatic heterocycles. The lowest BCUT2D eigenvalue weighted by atomic mass is 10.2. The molecule has 4 heteroatoms. The van der Waals surface area contributed by atoms with E-state index in [2.05, 4.69) is 18.1 Å². The zero-order valence-corrected chi connectivity index (χ0v) is 11.8. The first-order valence-electron chi connectivity index (χ1n) is 6.00. The predicted molar refractivity (Wildman–Crippen MR) is 82.8 cm³/mol. The van der Waals surface area contributed by atoms with Crippen LogP contribution in [0.5, 0.6) is 0 Å². The van der Waals surface area contributed by atoms with Crippen LogP contribution in [-0.4, -0.2) is 6.03 Å². The second-order valence-corrected chi connectivity index (χ2v) is 4.79. The number of nitrogens with one attached hydrogen (secondary N) is 1. The zero-order chi connectivity index (χ0) is 13.8. The Bertz CT molecular complexity index is 581. The van der Waals surface area contributed by atoms with Crippen molar-refractivity contribution in [3.63, 3.8) is 0 Å². The molecule has 19 heavy (non-hydrogen) atoms. The number of para-hydroxylation sites is 1. The molecule has 0 bridgehead atoms. The van der Waals surface area contributed by atoms with Gasteiger partial charge in [-0.05, 0) is 37.6 Å². The van der Waals surface area contributed by atoms with E-state index in [0.717, 1.165) is 22.5 Å². The number of rotatable bonds is 2. The Morgan fingerprint density at radius 3 is 2.32 bits per heavy atom. The summed E-state index contributed by atoms with van der Waals surface area (Å²) in [6.45, 7) is 3.95. The first-order chi connectivity index (χ1) is 9.08. The van der Waals surface area contributed by atoms with E-state index >= 15 is 0 Å². The Morgan fingerprint density at radius 1 is 1.05 bits per heavy atom. The third-order valence-electron chi connectivity index (χ3n) is 2.84. The van der Waals surface area contributed by atoms with Crippen LogP contribution in [0.1, 0.15) is 11.1 Å². The van der Waals surface area contributed by atoms with Crippen LogP contribution in [0.15, 0.2) is 48.5 Å². The molecular formula is C15H16N2OS. The minimum absolute atomic E-state index is 0.276. The van der Waals surface area contributed by atoms with Gasteiger partial charge < -0.3 is 5.32 Å². The molecule has 98 valence electrons. The van der Waals surface area contributed by atoms with Crippen molar-refractivity contribution in [2.24, 2.45) is 0 Å². The second kappa shape index (κ2) is 5.80. The van der Waals surface area contributed by atoms with Crippen LogP contribution in [-0.2, 0) is 0 Å². The van der Waals surface area contributed by atoms with Crippen molar-refractivity contribution in [1.29, 1.82) is 0 Å². The summed E-state index contributed by atoms with van der Waals surface area (Å²) in [5, 5.41) is 2.81. The van der Waals surface area contributed by atoms with E-state index in [1.807, 2.05) is 62.4 Å². The van der Waals surface area contributed by atoms with E-state index < -0.39 is 0 Å². The minimum atomic E-state index is -0.276. The number of carbonyl (C=O) groups is 1. The highest BCUT2D eigenvalue weighted by Gasteiger charge is 2.13. The summed E-state index contributed by atoms with van der Waals surface area (Å²) in [6.07, 6.45) is 0.